The van der Waals surface area contributed by atoms with E-state index in [-0.39, 0.29) is 0 Å². The van der Waals surface area contributed by atoms with Crippen molar-refractivity contribution in [1.82, 2.24) is 9.97 Å². The lowest BCUT2D eigenvalue weighted by atomic mass is 10.1. The zero-order valence-electron chi connectivity index (χ0n) is 8.74. The van der Waals surface area contributed by atoms with Gasteiger partial charge in [0, 0.05) is 11.1 Å². The fourth-order valence-electron chi connectivity index (χ4n) is 1.31. The molecule has 0 saturated heterocycles. The van der Waals surface area contributed by atoms with Crippen LogP contribution in [-0.4, -0.2) is 9.97 Å². The Morgan fingerprint density at radius 1 is 1.06 bits per heavy atom. The molecular formula is C13H9FN2. The zero-order chi connectivity index (χ0) is 11.4. The van der Waals surface area contributed by atoms with E-state index in [1.165, 1.54) is 0 Å². The highest BCUT2D eigenvalue weighted by Crippen LogP contribution is 2.14. The number of nitrogens with zero attached hydrogens (tertiary/aromatic N) is 2. The van der Waals surface area contributed by atoms with E-state index in [1.54, 1.807) is 6.92 Å². The van der Waals surface area contributed by atoms with Crippen LogP contribution in [0.25, 0.3) is 11.4 Å². The standard InChI is InChI=1S/C13H9FN2/c1-2-3-10-4-6-11(7-5-10)13-15-8-12(14)9-16-13/h4-9H,1H3. The van der Waals surface area contributed by atoms with E-state index in [0.717, 1.165) is 23.5 Å². The van der Waals surface area contributed by atoms with Crippen molar-refractivity contribution in [3.05, 3.63) is 48.0 Å². The van der Waals surface area contributed by atoms with Gasteiger partial charge in [0.1, 0.15) is 0 Å². The van der Waals surface area contributed by atoms with Crippen molar-refractivity contribution in [2.24, 2.45) is 0 Å². The normalized spacial score (nSPS) is 9.38. The topological polar surface area (TPSA) is 25.8 Å². The van der Waals surface area contributed by atoms with Gasteiger partial charge in [-0.15, -0.1) is 5.92 Å². The molecule has 16 heavy (non-hydrogen) atoms. The smallest absolute Gasteiger partial charge is 0.159 e. The Bertz CT molecular complexity index is 533. The summed E-state index contributed by atoms with van der Waals surface area (Å²) in [6.07, 6.45) is 2.31. The summed E-state index contributed by atoms with van der Waals surface area (Å²) in [4.78, 5) is 7.80. The fourth-order valence-corrected chi connectivity index (χ4v) is 1.31. The second-order valence-electron chi connectivity index (χ2n) is 3.18. The SMILES string of the molecule is CC#Cc1ccc(-c2ncc(F)cn2)cc1. The average molecular weight is 212 g/mol. The largest absolute Gasteiger partial charge is 0.233 e. The summed E-state index contributed by atoms with van der Waals surface area (Å²) in [5, 5.41) is 0. The molecule has 1 aromatic carbocycles. The molecular weight excluding hydrogens is 203 g/mol. The van der Waals surface area contributed by atoms with Gasteiger partial charge in [0.05, 0.1) is 12.4 Å². The number of benzene rings is 1. The van der Waals surface area contributed by atoms with Gasteiger partial charge < -0.3 is 0 Å². The summed E-state index contributed by atoms with van der Waals surface area (Å²) in [5.74, 6) is 5.84. The van der Waals surface area contributed by atoms with Gasteiger partial charge in [-0.3, -0.25) is 0 Å². The van der Waals surface area contributed by atoms with Crippen LogP contribution in [-0.2, 0) is 0 Å². The van der Waals surface area contributed by atoms with Crippen LogP contribution < -0.4 is 0 Å². The fraction of sp³-hybridized carbons (Fsp3) is 0.0769. The lowest BCUT2D eigenvalue weighted by Gasteiger charge is -1.99. The van der Waals surface area contributed by atoms with Gasteiger partial charge in [-0.05, 0) is 31.2 Å². The van der Waals surface area contributed by atoms with Crippen molar-refractivity contribution in [1.29, 1.82) is 0 Å². The molecule has 3 heteroatoms. The van der Waals surface area contributed by atoms with Crippen molar-refractivity contribution in [3.63, 3.8) is 0 Å². The predicted molar refractivity (Wildman–Crippen MR) is 60.0 cm³/mol. The summed E-state index contributed by atoms with van der Waals surface area (Å²) in [5.41, 5.74) is 1.79. The molecule has 0 N–H and O–H groups in total. The molecule has 0 amide bonds. The van der Waals surface area contributed by atoms with E-state index in [9.17, 15) is 4.39 Å². The molecule has 1 heterocycles. The minimum atomic E-state index is -0.433. The van der Waals surface area contributed by atoms with Crippen LogP contribution in [0.5, 0.6) is 0 Å². The third-order valence-corrected chi connectivity index (χ3v) is 2.03. The number of halogens is 1. The molecule has 1 aromatic heterocycles. The van der Waals surface area contributed by atoms with Gasteiger partial charge in [0.15, 0.2) is 11.6 Å². The molecule has 2 nitrogen and oxygen atoms in total. The highest BCUT2D eigenvalue weighted by Gasteiger charge is 2.00. The summed E-state index contributed by atoms with van der Waals surface area (Å²) in [6, 6.07) is 7.51. The number of hydrogen-bond acceptors (Lipinski definition) is 2. The number of rotatable bonds is 1. The van der Waals surface area contributed by atoms with Crippen LogP contribution in [0.2, 0.25) is 0 Å². The van der Waals surface area contributed by atoms with Crippen molar-refractivity contribution < 1.29 is 4.39 Å². The van der Waals surface area contributed by atoms with E-state index in [4.69, 9.17) is 0 Å². The van der Waals surface area contributed by atoms with E-state index in [2.05, 4.69) is 21.8 Å². The summed E-state index contributed by atoms with van der Waals surface area (Å²) in [6.45, 7) is 1.79. The van der Waals surface area contributed by atoms with Crippen LogP contribution >= 0.6 is 0 Å². The van der Waals surface area contributed by atoms with Crippen molar-refractivity contribution in [2.45, 2.75) is 6.92 Å². The molecule has 0 aliphatic heterocycles. The molecule has 0 bridgehead atoms. The van der Waals surface area contributed by atoms with E-state index in [0.29, 0.717) is 5.82 Å². The van der Waals surface area contributed by atoms with Crippen LogP contribution in [0.1, 0.15) is 12.5 Å². The second kappa shape index (κ2) is 4.54. The highest BCUT2D eigenvalue weighted by atomic mass is 19.1. The lowest BCUT2D eigenvalue weighted by molar-refractivity contribution is 0.614. The first-order chi connectivity index (χ1) is 7.79. The van der Waals surface area contributed by atoms with Gasteiger partial charge in [-0.2, -0.15) is 0 Å². The molecule has 78 valence electrons. The molecule has 0 radical (unpaired) electrons. The molecule has 2 rings (SSSR count). The Morgan fingerprint density at radius 2 is 1.69 bits per heavy atom. The van der Waals surface area contributed by atoms with Crippen LogP contribution in [0.15, 0.2) is 36.7 Å². The van der Waals surface area contributed by atoms with Gasteiger partial charge in [-0.1, -0.05) is 5.92 Å². The average Bonchev–Trinajstić information content (AvgIpc) is 2.32. The van der Waals surface area contributed by atoms with Gasteiger partial charge >= 0.3 is 0 Å². The first-order valence-electron chi connectivity index (χ1n) is 4.80. The maximum absolute atomic E-state index is 12.6. The zero-order valence-corrected chi connectivity index (χ0v) is 8.74. The Balaban J connectivity index is 2.33. The number of aromatic nitrogens is 2. The third-order valence-electron chi connectivity index (χ3n) is 2.03. The minimum Gasteiger partial charge on any atom is -0.233 e. The van der Waals surface area contributed by atoms with E-state index >= 15 is 0 Å². The molecule has 0 saturated carbocycles. The third kappa shape index (κ3) is 2.23. The summed E-state index contributed by atoms with van der Waals surface area (Å²) >= 11 is 0. The van der Waals surface area contributed by atoms with Gasteiger partial charge in [0.25, 0.3) is 0 Å². The molecule has 0 atom stereocenters. The highest BCUT2D eigenvalue weighted by molar-refractivity contribution is 5.56. The first-order valence-corrected chi connectivity index (χ1v) is 4.80. The van der Waals surface area contributed by atoms with Gasteiger partial charge in [-0.25, -0.2) is 14.4 Å². The Hall–Kier alpha value is -2.21. The van der Waals surface area contributed by atoms with Crippen LogP contribution in [0.3, 0.4) is 0 Å². The predicted octanol–water partition coefficient (Wildman–Crippen LogP) is 2.65. The minimum absolute atomic E-state index is 0.433. The van der Waals surface area contributed by atoms with E-state index in [1.807, 2.05) is 24.3 Å². The molecule has 0 aliphatic carbocycles. The van der Waals surface area contributed by atoms with Crippen molar-refractivity contribution in [3.8, 4) is 23.2 Å². The monoisotopic (exact) mass is 212 g/mol. The molecule has 0 aliphatic rings. The molecule has 0 fully saturated rings. The summed E-state index contributed by atoms with van der Waals surface area (Å²) in [7, 11) is 0. The maximum Gasteiger partial charge on any atom is 0.159 e. The Kier molecular flexibility index (Phi) is 2.93. The van der Waals surface area contributed by atoms with E-state index < -0.39 is 5.82 Å². The second-order valence-corrected chi connectivity index (χ2v) is 3.18. The van der Waals surface area contributed by atoms with Crippen molar-refractivity contribution in [2.75, 3.05) is 0 Å². The maximum atomic E-state index is 12.6. The Labute approximate surface area is 93.2 Å². The number of hydrogen-bond donors (Lipinski definition) is 0. The summed E-state index contributed by atoms with van der Waals surface area (Å²) < 4.78 is 12.6. The van der Waals surface area contributed by atoms with Crippen LogP contribution in [0, 0.1) is 17.7 Å². The van der Waals surface area contributed by atoms with Crippen LogP contribution in [0.4, 0.5) is 4.39 Å². The Morgan fingerprint density at radius 3 is 2.25 bits per heavy atom. The first kappa shape index (κ1) is 10.3. The quantitative estimate of drug-likeness (QED) is 0.679. The molecule has 0 unspecified atom stereocenters. The molecule has 0 spiro atoms. The van der Waals surface area contributed by atoms with Gasteiger partial charge in [0.2, 0.25) is 0 Å². The molecule has 2 aromatic rings. The lowest BCUT2D eigenvalue weighted by Crippen LogP contribution is -1.89. The van der Waals surface area contributed by atoms with Crippen molar-refractivity contribution >= 4 is 0 Å².